The van der Waals surface area contributed by atoms with Crippen LogP contribution in [-0.4, -0.2) is 38.5 Å². The first kappa shape index (κ1) is 28.3. The zero-order valence-corrected chi connectivity index (χ0v) is 23.6. The lowest BCUT2D eigenvalue weighted by atomic mass is 10.1. The molecule has 0 aliphatic carbocycles. The molecule has 10 nitrogen and oxygen atoms in total. The number of nitrogens with one attached hydrogen (secondary N) is 3. The van der Waals surface area contributed by atoms with E-state index < -0.39 is 21.7 Å². The van der Waals surface area contributed by atoms with Gasteiger partial charge >= 0.3 is 0 Å². The summed E-state index contributed by atoms with van der Waals surface area (Å²) in [6, 6.07) is 21.7. The number of hydrogen-bond acceptors (Lipinski definition) is 8. The number of fused-ring (bicyclic) bond motifs is 1. The molecule has 3 N–H and O–H groups in total. The van der Waals surface area contributed by atoms with Crippen molar-refractivity contribution in [1.82, 2.24) is 9.97 Å². The predicted molar refractivity (Wildman–Crippen MR) is 159 cm³/mol. The SMILES string of the molecule is COc1cc(Nc2nc3ccccc3nc2NS(=O)(=O)c2cccc(NC(=O)c3cc(F)ccc3C)c2)cc(OC)c1. The molecule has 0 fully saturated rings. The van der Waals surface area contributed by atoms with Gasteiger partial charge in [0, 0.05) is 35.1 Å². The van der Waals surface area contributed by atoms with Crippen LogP contribution in [0.3, 0.4) is 0 Å². The maximum atomic E-state index is 13.7. The maximum absolute atomic E-state index is 13.7. The fourth-order valence-corrected chi connectivity index (χ4v) is 5.19. The van der Waals surface area contributed by atoms with Gasteiger partial charge in [0.05, 0.1) is 30.1 Å². The Morgan fingerprint density at radius 2 is 1.45 bits per heavy atom. The van der Waals surface area contributed by atoms with E-state index in [-0.39, 0.29) is 27.8 Å². The van der Waals surface area contributed by atoms with Crippen LogP contribution >= 0.6 is 0 Å². The van der Waals surface area contributed by atoms with E-state index in [1.165, 1.54) is 50.6 Å². The Hall–Kier alpha value is -5.23. The van der Waals surface area contributed by atoms with Crippen LogP contribution in [0, 0.1) is 12.7 Å². The topological polar surface area (TPSA) is 132 Å². The van der Waals surface area contributed by atoms with Gasteiger partial charge in [-0.1, -0.05) is 24.3 Å². The smallest absolute Gasteiger partial charge is 0.263 e. The Kier molecular flexibility index (Phi) is 7.89. The van der Waals surface area contributed by atoms with Crippen molar-refractivity contribution < 1.29 is 27.1 Å². The summed E-state index contributed by atoms with van der Waals surface area (Å²) >= 11 is 0. The minimum Gasteiger partial charge on any atom is -0.497 e. The van der Waals surface area contributed by atoms with Gasteiger partial charge in [0.2, 0.25) is 0 Å². The lowest BCUT2D eigenvalue weighted by Gasteiger charge is -2.15. The number of hydrogen-bond donors (Lipinski definition) is 3. The molecule has 0 radical (unpaired) electrons. The molecule has 0 unspecified atom stereocenters. The number of rotatable bonds is 9. The number of aryl methyl sites for hydroxylation is 1. The Balaban J connectivity index is 1.47. The summed E-state index contributed by atoms with van der Waals surface area (Å²) in [6.45, 7) is 1.68. The molecule has 0 spiro atoms. The van der Waals surface area contributed by atoms with Crippen LogP contribution in [0.1, 0.15) is 15.9 Å². The monoisotopic (exact) mass is 587 g/mol. The molecule has 12 heteroatoms. The minimum atomic E-state index is -4.21. The van der Waals surface area contributed by atoms with Gasteiger partial charge in [-0.15, -0.1) is 0 Å². The molecular formula is C30H26FN5O5S. The fourth-order valence-electron chi connectivity index (χ4n) is 4.14. The molecule has 42 heavy (non-hydrogen) atoms. The van der Waals surface area contributed by atoms with E-state index in [1.807, 2.05) is 0 Å². The number of benzene rings is 4. The molecule has 0 aliphatic heterocycles. The van der Waals surface area contributed by atoms with E-state index in [0.717, 1.165) is 6.07 Å². The Morgan fingerprint density at radius 3 is 2.12 bits per heavy atom. The summed E-state index contributed by atoms with van der Waals surface area (Å²) in [6.07, 6.45) is 0. The van der Waals surface area contributed by atoms with Crippen LogP contribution in [0.15, 0.2) is 89.8 Å². The molecule has 214 valence electrons. The third kappa shape index (κ3) is 6.23. The van der Waals surface area contributed by atoms with Crippen LogP contribution < -0.4 is 24.8 Å². The summed E-state index contributed by atoms with van der Waals surface area (Å²) in [5.41, 5.74) is 2.44. The van der Waals surface area contributed by atoms with Gasteiger partial charge in [0.15, 0.2) is 11.6 Å². The number of carbonyl (C=O) groups is 1. The number of ether oxygens (including phenoxy) is 2. The molecule has 4 aromatic carbocycles. The van der Waals surface area contributed by atoms with Crippen LogP contribution in [0.2, 0.25) is 0 Å². The Morgan fingerprint density at radius 1 is 0.786 bits per heavy atom. The highest BCUT2D eigenvalue weighted by Crippen LogP contribution is 2.31. The van der Waals surface area contributed by atoms with Gasteiger partial charge in [-0.2, -0.15) is 0 Å². The van der Waals surface area contributed by atoms with Crippen molar-refractivity contribution in [3.8, 4) is 11.5 Å². The van der Waals surface area contributed by atoms with Crippen molar-refractivity contribution in [3.63, 3.8) is 0 Å². The summed E-state index contributed by atoms with van der Waals surface area (Å²) in [7, 11) is -1.18. The lowest BCUT2D eigenvalue weighted by molar-refractivity contribution is 0.102. The van der Waals surface area contributed by atoms with Crippen molar-refractivity contribution in [3.05, 3.63) is 102 Å². The number of para-hydroxylation sites is 2. The van der Waals surface area contributed by atoms with Crippen molar-refractivity contribution >= 4 is 50.0 Å². The molecule has 1 heterocycles. The second kappa shape index (κ2) is 11.7. The minimum absolute atomic E-state index is 0.0553. The molecule has 0 aliphatic rings. The summed E-state index contributed by atoms with van der Waals surface area (Å²) < 4.78 is 54.0. The molecule has 0 atom stereocenters. The average Bonchev–Trinajstić information content (AvgIpc) is 2.98. The first-order valence-electron chi connectivity index (χ1n) is 12.6. The highest BCUT2D eigenvalue weighted by molar-refractivity contribution is 7.92. The highest BCUT2D eigenvalue weighted by Gasteiger charge is 2.21. The van der Waals surface area contributed by atoms with Crippen LogP contribution in [0.25, 0.3) is 11.0 Å². The second-order valence-electron chi connectivity index (χ2n) is 9.18. The van der Waals surface area contributed by atoms with Crippen molar-refractivity contribution in [2.75, 3.05) is 29.6 Å². The normalized spacial score (nSPS) is 11.1. The number of amides is 1. The van der Waals surface area contributed by atoms with Gasteiger partial charge in [0.1, 0.15) is 17.3 Å². The molecule has 0 saturated carbocycles. The molecule has 5 rings (SSSR count). The van der Waals surface area contributed by atoms with Crippen LogP contribution in [0.5, 0.6) is 11.5 Å². The largest absolute Gasteiger partial charge is 0.497 e. The van der Waals surface area contributed by atoms with Gasteiger partial charge in [0.25, 0.3) is 15.9 Å². The number of nitrogens with zero attached hydrogens (tertiary/aromatic N) is 2. The fraction of sp³-hybridized carbons (Fsp3) is 0.100. The van der Waals surface area contributed by atoms with Crippen LogP contribution in [0.4, 0.5) is 27.4 Å². The summed E-state index contributed by atoms with van der Waals surface area (Å²) in [5, 5.41) is 5.74. The van der Waals surface area contributed by atoms with Crippen molar-refractivity contribution in [2.24, 2.45) is 0 Å². The Bertz CT molecular complexity index is 1890. The van der Waals surface area contributed by atoms with Crippen LogP contribution in [-0.2, 0) is 10.0 Å². The maximum Gasteiger partial charge on any atom is 0.263 e. The van der Waals surface area contributed by atoms with E-state index in [4.69, 9.17) is 9.47 Å². The molecule has 5 aromatic rings. The summed E-state index contributed by atoms with van der Waals surface area (Å²) in [5.74, 6) is -0.0198. The van der Waals surface area contributed by atoms with Gasteiger partial charge in [-0.3, -0.25) is 9.52 Å². The summed E-state index contributed by atoms with van der Waals surface area (Å²) in [4.78, 5) is 21.8. The molecule has 0 saturated heterocycles. The number of methoxy groups -OCH3 is 2. The third-order valence-corrected chi connectivity index (χ3v) is 7.60. The lowest BCUT2D eigenvalue weighted by Crippen LogP contribution is -2.17. The van der Waals surface area contributed by atoms with E-state index in [9.17, 15) is 17.6 Å². The van der Waals surface area contributed by atoms with Gasteiger partial charge in [-0.05, 0) is 55.0 Å². The number of aromatic nitrogens is 2. The quantitative estimate of drug-likeness (QED) is 0.195. The number of anilines is 4. The molecule has 0 bridgehead atoms. The molecular weight excluding hydrogens is 561 g/mol. The van der Waals surface area contributed by atoms with Crippen molar-refractivity contribution in [2.45, 2.75) is 11.8 Å². The highest BCUT2D eigenvalue weighted by atomic mass is 32.2. The van der Waals surface area contributed by atoms with E-state index in [0.29, 0.717) is 33.8 Å². The van der Waals surface area contributed by atoms with E-state index in [1.54, 1.807) is 49.4 Å². The third-order valence-electron chi connectivity index (χ3n) is 6.26. The van der Waals surface area contributed by atoms with E-state index in [2.05, 4.69) is 25.3 Å². The zero-order valence-electron chi connectivity index (χ0n) is 22.8. The zero-order chi connectivity index (χ0) is 29.9. The second-order valence-corrected chi connectivity index (χ2v) is 10.9. The standard InChI is InChI=1S/C30H26FN5O5S/c1-18-11-12-19(31)13-25(18)30(37)33-20-7-6-8-24(16-20)42(38,39)36-29-28(34-26-9-4-5-10-27(26)35-29)32-21-14-22(40-2)17-23(15-21)41-3/h4-17H,1-3H3,(H,32,34)(H,33,37)(H,35,36). The predicted octanol–water partition coefficient (Wildman–Crippen LogP) is 5.89. The molecule has 1 amide bonds. The van der Waals surface area contributed by atoms with Gasteiger partial charge < -0.3 is 20.1 Å². The Labute approximate surface area is 241 Å². The first-order valence-corrected chi connectivity index (χ1v) is 14.1. The number of halogens is 1. The first-order chi connectivity index (χ1) is 20.1. The molecule has 1 aromatic heterocycles. The van der Waals surface area contributed by atoms with Crippen molar-refractivity contribution in [1.29, 1.82) is 0 Å². The number of carbonyl (C=O) groups excluding carboxylic acids is 1. The van der Waals surface area contributed by atoms with E-state index >= 15 is 0 Å². The number of sulfonamides is 1. The van der Waals surface area contributed by atoms with Gasteiger partial charge in [-0.25, -0.2) is 22.8 Å². The average molecular weight is 588 g/mol.